The summed E-state index contributed by atoms with van der Waals surface area (Å²) in [6.07, 6.45) is 0.607. The molecule has 6 heteroatoms. The van der Waals surface area contributed by atoms with Crippen molar-refractivity contribution < 1.29 is 9.21 Å². The quantitative estimate of drug-likeness (QED) is 0.917. The summed E-state index contributed by atoms with van der Waals surface area (Å²) >= 11 is 17.4. The minimum absolute atomic E-state index is 0.186. The summed E-state index contributed by atoms with van der Waals surface area (Å²) in [5, 5.41) is 4.08. The average Bonchev–Trinajstić information content (AvgIpc) is 2.78. The van der Waals surface area contributed by atoms with Crippen molar-refractivity contribution in [1.29, 1.82) is 0 Å². The third kappa shape index (κ3) is 3.90. The SMILES string of the molecule is O=C(NCCc1ccc(Cl)cc1Cl)c1ccc(Cl)o1. The molecule has 3 nitrogen and oxygen atoms in total. The van der Waals surface area contributed by atoms with Crippen molar-refractivity contribution in [3.8, 4) is 0 Å². The van der Waals surface area contributed by atoms with Gasteiger partial charge in [0.1, 0.15) is 0 Å². The maximum atomic E-state index is 11.7. The van der Waals surface area contributed by atoms with Crippen molar-refractivity contribution >= 4 is 40.7 Å². The van der Waals surface area contributed by atoms with Crippen LogP contribution < -0.4 is 5.32 Å². The summed E-state index contributed by atoms with van der Waals surface area (Å²) in [6.45, 7) is 0.443. The summed E-state index contributed by atoms with van der Waals surface area (Å²) in [7, 11) is 0. The maximum absolute atomic E-state index is 11.7. The van der Waals surface area contributed by atoms with Crippen molar-refractivity contribution in [3.63, 3.8) is 0 Å². The molecule has 0 aliphatic rings. The zero-order valence-corrected chi connectivity index (χ0v) is 12.0. The number of benzene rings is 1. The summed E-state index contributed by atoms with van der Waals surface area (Å²) in [4.78, 5) is 11.7. The van der Waals surface area contributed by atoms with E-state index in [9.17, 15) is 4.79 Å². The van der Waals surface area contributed by atoms with E-state index in [1.165, 1.54) is 12.1 Å². The summed E-state index contributed by atoms with van der Waals surface area (Å²) in [5.74, 6) is -0.121. The lowest BCUT2D eigenvalue weighted by atomic mass is 10.1. The van der Waals surface area contributed by atoms with E-state index in [1.807, 2.05) is 6.07 Å². The average molecular weight is 319 g/mol. The Morgan fingerprint density at radius 2 is 1.95 bits per heavy atom. The third-order valence-corrected chi connectivity index (χ3v) is 3.28. The first kappa shape index (κ1) is 14.3. The topological polar surface area (TPSA) is 42.2 Å². The second kappa shape index (κ2) is 6.33. The molecule has 0 spiro atoms. The van der Waals surface area contributed by atoms with Crippen LogP contribution in [0, 0.1) is 0 Å². The second-order valence-corrected chi connectivity index (χ2v) is 5.06. The Morgan fingerprint density at radius 1 is 1.16 bits per heavy atom. The van der Waals surface area contributed by atoms with E-state index >= 15 is 0 Å². The van der Waals surface area contributed by atoms with Gasteiger partial charge in [-0.05, 0) is 47.9 Å². The largest absolute Gasteiger partial charge is 0.440 e. The van der Waals surface area contributed by atoms with E-state index in [0.717, 1.165) is 5.56 Å². The fraction of sp³-hybridized carbons (Fsp3) is 0.154. The standard InChI is InChI=1S/C13H10Cl3NO2/c14-9-2-1-8(10(15)7-9)5-6-17-13(18)11-3-4-12(16)19-11/h1-4,7H,5-6H2,(H,17,18). The molecule has 0 unspecified atom stereocenters. The molecular weight excluding hydrogens is 309 g/mol. The van der Waals surface area contributed by atoms with Gasteiger partial charge in [0.15, 0.2) is 11.0 Å². The van der Waals surface area contributed by atoms with Crippen LogP contribution in [0.4, 0.5) is 0 Å². The van der Waals surface area contributed by atoms with E-state index in [1.54, 1.807) is 12.1 Å². The van der Waals surface area contributed by atoms with Crippen molar-refractivity contribution in [3.05, 3.63) is 56.9 Å². The highest BCUT2D eigenvalue weighted by Crippen LogP contribution is 2.21. The number of halogens is 3. The van der Waals surface area contributed by atoms with Gasteiger partial charge in [-0.3, -0.25) is 4.79 Å². The van der Waals surface area contributed by atoms with Crippen LogP contribution in [0.15, 0.2) is 34.7 Å². The molecule has 100 valence electrons. The Morgan fingerprint density at radius 3 is 2.58 bits per heavy atom. The number of rotatable bonds is 4. The molecule has 0 atom stereocenters. The van der Waals surface area contributed by atoms with Gasteiger partial charge in [-0.25, -0.2) is 0 Å². The van der Waals surface area contributed by atoms with Gasteiger partial charge in [0.05, 0.1) is 0 Å². The van der Waals surface area contributed by atoms with Gasteiger partial charge in [0.2, 0.25) is 0 Å². The monoisotopic (exact) mass is 317 g/mol. The molecule has 2 rings (SSSR count). The zero-order chi connectivity index (χ0) is 13.8. The Labute approximate surface area is 125 Å². The number of hydrogen-bond donors (Lipinski definition) is 1. The normalized spacial score (nSPS) is 10.5. The summed E-state index contributed by atoms with van der Waals surface area (Å²) in [5.41, 5.74) is 0.920. The highest BCUT2D eigenvalue weighted by atomic mass is 35.5. The molecule has 1 heterocycles. The predicted octanol–water partition coefficient (Wildman–Crippen LogP) is 4.21. The Hall–Kier alpha value is -1.16. The molecule has 19 heavy (non-hydrogen) atoms. The predicted molar refractivity (Wildman–Crippen MR) is 76.2 cm³/mol. The van der Waals surface area contributed by atoms with Gasteiger partial charge in [-0.2, -0.15) is 0 Å². The van der Waals surface area contributed by atoms with E-state index in [0.29, 0.717) is 23.0 Å². The van der Waals surface area contributed by atoms with Gasteiger partial charge in [-0.1, -0.05) is 29.3 Å². The maximum Gasteiger partial charge on any atom is 0.287 e. The molecule has 0 radical (unpaired) electrons. The number of carbonyl (C=O) groups excluding carboxylic acids is 1. The van der Waals surface area contributed by atoms with Gasteiger partial charge >= 0.3 is 0 Å². The van der Waals surface area contributed by atoms with Crippen LogP contribution in [0.2, 0.25) is 15.3 Å². The van der Waals surface area contributed by atoms with Gasteiger partial charge in [-0.15, -0.1) is 0 Å². The minimum Gasteiger partial charge on any atom is -0.440 e. The van der Waals surface area contributed by atoms with Gasteiger partial charge < -0.3 is 9.73 Å². The van der Waals surface area contributed by atoms with Crippen LogP contribution in [0.3, 0.4) is 0 Å². The van der Waals surface area contributed by atoms with Gasteiger partial charge in [0.25, 0.3) is 5.91 Å². The second-order valence-electron chi connectivity index (χ2n) is 3.85. The van der Waals surface area contributed by atoms with Crippen molar-refractivity contribution in [2.45, 2.75) is 6.42 Å². The molecule has 0 bridgehead atoms. The zero-order valence-electron chi connectivity index (χ0n) is 9.75. The van der Waals surface area contributed by atoms with Crippen LogP contribution >= 0.6 is 34.8 Å². The summed E-state index contributed by atoms with van der Waals surface area (Å²) < 4.78 is 5.00. The Bertz CT molecular complexity index is 595. The Balaban J connectivity index is 1.88. The molecule has 1 amide bonds. The van der Waals surface area contributed by atoms with E-state index in [4.69, 9.17) is 39.2 Å². The molecule has 0 aliphatic heterocycles. The molecule has 1 N–H and O–H groups in total. The van der Waals surface area contributed by atoms with Crippen molar-refractivity contribution in [2.75, 3.05) is 6.54 Å². The van der Waals surface area contributed by atoms with E-state index in [-0.39, 0.29) is 16.9 Å². The molecule has 0 fully saturated rings. The number of hydrogen-bond acceptors (Lipinski definition) is 2. The molecule has 1 aromatic heterocycles. The molecule has 0 saturated carbocycles. The van der Waals surface area contributed by atoms with Crippen LogP contribution in [-0.4, -0.2) is 12.5 Å². The lowest BCUT2D eigenvalue weighted by molar-refractivity contribution is 0.0926. The van der Waals surface area contributed by atoms with Crippen LogP contribution in [0.1, 0.15) is 16.1 Å². The molecule has 0 aliphatic carbocycles. The molecule has 2 aromatic rings. The first-order valence-corrected chi connectivity index (χ1v) is 6.67. The van der Waals surface area contributed by atoms with Gasteiger partial charge in [0, 0.05) is 16.6 Å². The van der Waals surface area contributed by atoms with Crippen molar-refractivity contribution in [2.24, 2.45) is 0 Å². The lowest BCUT2D eigenvalue weighted by Gasteiger charge is -2.05. The fourth-order valence-corrected chi connectivity index (χ4v) is 2.21. The van der Waals surface area contributed by atoms with Crippen LogP contribution in [0.25, 0.3) is 0 Å². The number of carbonyl (C=O) groups is 1. The summed E-state index contributed by atoms with van der Waals surface area (Å²) in [6, 6.07) is 8.31. The first-order valence-electron chi connectivity index (χ1n) is 5.54. The lowest BCUT2D eigenvalue weighted by Crippen LogP contribution is -2.25. The van der Waals surface area contributed by atoms with E-state index in [2.05, 4.69) is 5.32 Å². The highest BCUT2D eigenvalue weighted by Gasteiger charge is 2.10. The fourth-order valence-electron chi connectivity index (χ4n) is 1.56. The molecule has 1 aromatic carbocycles. The highest BCUT2D eigenvalue weighted by molar-refractivity contribution is 6.35. The number of amides is 1. The first-order chi connectivity index (χ1) is 9.06. The molecule has 0 saturated heterocycles. The van der Waals surface area contributed by atoms with Crippen LogP contribution in [-0.2, 0) is 6.42 Å². The molecular formula is C13H10Cl3NO2. The van der Waals surface area contributed by atoms with Crippen molar-refractivity contribution in [1.82, 2.24) is 5.32 Å². The van der Waals surface area contributed by atoms with E-state index < -0.39 is 0 Å². The number of nitrogens with one attached hydrogen (secondary N) is 1. The Kier molecular flexibility index (Phi) is 4.75. The van der Waals surface area contributed by atoms with Crippen LogP contribution in [0.5, 0.6) is 0 Å². The number of furan rings is 1. The smallest absolute Gasteiger partial charge is 0.287 e. The minimum atomic E-state index is -0.308. The third-order valence-electron chi connectivity index (χ3n) is 2.49.